The van der Waals surface area contributed by atoms with Gasteiger partial charge >= 0.3 is 0 Å². The number of nitro benzene ring substituents is 1. The number of amides is 1. The second kappa shape index (κ2) is 9.18. The van der Waals surface area contributed by atoms with Gasteiger partial charge in [0.25, 0.3) is 5.69 Å². The van der Waals surface area contributed by atoms with E-state index >= 15 is 0 Å². The van der Waals surface area contributed by atoms with Crippen molar-refractivity contribution in [1.29, 1.82) is 0 Å². The van der Waals surface area contributed by atoms with Gasteiger partial charge in [-0.2, -0.15) is 0 Å². The summed E-state index contributed by atoms with van der Waals surface area (Å²) in [5, 5.41) is 14.9. The van der Waals surface area contributed by atoms with Crippen molar-refractivity contribution < 1.29 is 19.2 Å². The monoisotopic (exact) mass is 485 g/mol. The predicted octanol–water partition coefficient (Wildman–Crippen LogP) is 5.01. The SMILES string of the molecule is C=CC1CC1(NC(=O)C1CCC(Oc2cc(-c3ccccc3)nc3ccc([N+](=O)[O-])cc23)C1)C(C)=O. The number of carbonyl (C=O) groups excluding carboxylic acids is 2. The largest absolute Gasteiger partial charge is 0.490 e. The van der Waals surface area contributed by atoms with Crippen LogP contribution in [0.25, 0.3) is 22.2 Å². The van der Waals surface area contributed by atoms with Crippen LogP contribution >= 0.6 is 0 Å². The summed E-state index contributed by atoms with van der Waals surface area (Å²) in [7, 11) is 0. The highest BCUT2D eigenvalue weighted by molar-refractivity contribution is 5.95. The van der Waals surface area contributed by atoms with Crippen molar-refractivity contribution in [2.75, 3.05) is 0 Å². The number of aromatic nitrogens is 1. The number of pyridine rings is 1. The van der Waals surface area contributed by atoms with Crippen molar-refractivity contribution in [1.82, 2.24) is 10.3 Å². The molecule has 4 atom stereocenters. The number of nitrogens with zero attached hydrogens (tertiary/aromatic N) is 2. The number of hydrogen-bond donors (Lipinski definition) is 1. The average Bonchev–Trinajstić information content (AvgIpc) is 3.40. The molecule has 0 saturated heterocycles. The molecule has 8 nitrogen and oxygen atoms in total. The fourth-order valence-corrected chi connectivity index (χ4v) is 5.15. The molecule has 4 unspecified atom stereocenters. The number of ether oxygens (including phenoxy) is 1. The molecular formula is C28H27N3O5. The highest BCUT2D eigenvalue weighted by Gasteiger charge is 2.58. The second-order valence-electron chi connectivity index (χ2n) is 9.64. The van der Waals surface area contributed by atoms with Crippen LogP contribution in [-0.4, -0.2) is 33.2 Å². The van der Waals surface area contributed by atoms with E-state index in [-0.39, 0.29) is 35.3 Å². The summed E-state index contributed by atoms with van der Waals surface area (Å²) in [6.45, 7) is 5.27. The van der Waals surface area contributed by atoms with Gasteiger partial charge in [0.1, 0.15) is 11.3 Å². The molecule has 2 saturated carbocycles. The number of nitrogens with one attached hydrogen (secondary N) is 1. The molecule has 1 amide bonds. The lowest BCUT2D eigenvalue weighted by Crippen LogP contribution is -2.46. The van der Waals surface area contributed by atoms with Gasteiger partial charge in [-0.05, 0) is 38.7 Å². The predicted molar refractivity (Wildman–Crippen MR) is 135 cm³/mol. The fourth-order valence-electron chi connectivity index (χ4n) is 5.15. The summed E-state index contributed by atoms with van der Waals surface area (Å²) >= 11 is 0. The lowest BCUT2D eigenvalue weighted by Gasteiger charge is -2.19. The van der Waals surface area contributed by atoms with Crippen LogP contribution < -0.4 is 10.1 Å². The number of carbonyl (C=O) groups is 2. The van der Waals surface area contributed by atoms with E-state index in [4.69, 9.17) is 9.72 Å². The summed E-state index contributed by atoms with van der Waals surface area (Å²) < 4.78 is 6.38. The van der Waals surface area contributed by atoms with Gasteiger partial charge in [-0.15, -0.1) is 6.58 Å². The van der Waals surface area contributed by atoms with Gasteiger partial charge in [0.2, 0.25) is 5.91 Å². The molecule has 2 aliphatic carbocycles. The number of nitro groups is 1. The minimum Gasteiger partial charge on any atom is -0.490 e. The zero-order chi connectivity index (χ0) is 25.4. The molecule has 184 valence electrons. The molecule has 36 heavy (non-hydrogen) atoms. The molecule has 0 aliphatic heterocycles. The minimum absolute atomic E-state index is 0.0252. The Labute approximate surface area is 208 Å². The van der Waals surface area contributed by atoms with E-state index < -0.39 is 10.5 Å². The molecule has 2 fully saturated rings. The van der Waals surface area contributed by atoms with Crippen LogP contribution in [0, 0.1) is 22.0 Å². The smallest absolute Gasteiger partial charge is 0.270 e. The molecule has 1 aromatic heterocycles. The van der Waals surface area contributed by atoms with Gasteiger partial charge in [-0.1, -0.05) is 36.4 Å². The molecule has 5 rings (SSSR count). The van der Waals surface area contributed by atoms with Crippen LogP contribution in [0.15, 0.2) is 67.3 Å². The van der Waals surface area contributed by atoms with E-state index in [2.05, 4.69) is 11.9 Å². The Morgan fingerprint density at radius 2 is 1.97 bits per heavy atom. The highest BCUT2D eigenvalue weighted by Crippen LogP contribution is 2.46. The topological polar surface area (TPSA) is 111 Å². The van der Waals surface area contributed by atoms with Crippen LogP contribution in [0.3, 0.4) is 0 Å². The molecule has 0 radical (unpaired) electrons. The summed E-state index contributed by atoms with van der Waals surface area (Å²) in [5.41, 5.74) is 1.34. The Balaban J connectivity index is 1.39. The summed E-state index contributed by atoms with van der Waals surface area (Å²) in [4.78, 5) is 40.8. The van der Waals surface area contributed by atoms with Crippen LogP contribution in [0.5, 0.6) is 5.75 Å². The maximum Gasteiger partial charge on any atom is 0.270 e. The van der Waals surface area contributed by atoms with Crippen molar-refractivity contribution in [3.8, 4) is 17.0 Å². The van der Waals surface area contributed by atoms with Crippen molar-refractivity contribution in [2.45, 2.75) is 44.2 Å². The van der Waals surface area contributed by atoms with E-state index in [0.29, 0.717) is 48.0 Å². The average molecular weight is 486 g/mol. The molecule has 2 aromatic carbocycles. The third-order valence-corrected chi connectivity index (χ3v) is 7.36. The quantitative estimate of drug-likeness (QED) is 0.273. The zero-order valence-electron chi connectivity index (χ0n) is 20.0. The summed E-state index contributed by atoms with van der Waals surface area (Å²) in [6, 6.07) is 16.0. The zero-order valence-corrected chi connectivity index (χ0v) is 20.0. The van der Waals surface area contributed by atoms with Gasteiger partial charge in [0.05, 0.1) is 22.2 Å². The Hall–Kier alpha value is -4.07. The maximum atomic E-state index is 13.0. The molecule has 0 bridgehead atoms. The van der Waals surface area contributed by atoms with E-state index in [9.17, 15) is 19.7 Å². The summed E-state index contributed by atoms with van der Waals surface area (Å²) in [6.07, 6.45) is 3.87. The van der Waals surface area contributed by atoms with E-state index in [0.717, 1.165) is 5.56 Å². The van der Waals surface area contributed by atoms with E-state index in [1.165, 1.54) is 19.1 Å². The Morgan fingerprint density at radius 3 is 2.64 bits per heavy atom. The Morgan fingerprint density at radius 1 is 1.19 bits per heavy atom. The third-order valence-electron chi connectivity index (χ3n) is 7.36. The first kappa shape index (κ1) is 23.7. The number of benzene rings is 2. The van der Waals surface area contributed by atoms with Crippen LogP contribution in [0.2, 0.25) is 0 Å². The maximum absolute atomic E-state index is 13.0. The van der Waals surface area contributed by atoms with Crippen molar-refractivity contribution >= 4 is 28.3 Å². The molecule has 1 N–H and O–H groups in total. The number of ketones is 1. The van der Waals surface area contributed by atoms with Gasteiger partial charge in [0.15, 0.2) is 5.78 Å². The van der Waals surface area contributed by atoms with Crippen molar-refractivity contribution in [3.63, 3.8) is 0 Å². The standard InChI is InChI=1S/C28H27N3O5/c1-3-20-16-28(20,17(2)32)30-27(33)19-9-11-22(13-19)36-26-15-25(18-7-5-4-6-8-18)29-24-12-10-21(31(34)35)14-23(24)26/h3-8,10,12,14-15,19-20,22H,1,9,11,13,16H2,2H3,(H,30,33). The Kier molecular flexibility index (Phi) is 6.04. The first-order valence-electron chi connectivity index (χ1n) is 12.1. The molecule has 8 heteroatoms. The number of fused-ring (bicyclic) bond motifs is 1. The number of non-ortho nitro benzene ring substituents is 1. The van der Waals surface area contributed by atoms with Gasteiger partial charge in [0, 0.05) is 41.0 Å². The number of Topliss-reactive ketones (excluding diaryl/α,β-unsaturated/α-hetero) is 1. The van der Waals surface area contributed by atoms with Gasteiger partial charge in [-0.25, -0.2) is 4.98 Å². The van der Waals surface area contributed by atoms with E-state index in [1.807, 2.05) is 30.3 Å². The van der Waals surface area contributed by atoms with Crippen molar-refractivity contribution in [2.24, 2.45) is 11.8 Å². The third kappa shape index (κ3) is 4.34. The first-order chi connectivity index (χ1) is 17.3. The van der Waals surface area contributed by atoms with Crippen molar-refractivity contribution in [3.05, 3.63) is 77.4 Å². The fraction of sp³-hybridized carbons (Fsp3) is 0.321. The highest BCUT2D eigenvalue weighted by atomic mass is 16.6. The normalized spacial score (nSPS) is 24.8. The lowest BCUT2D eigenvalue weighted by molar-refractivity contribution is -0.384. The minimum atomic E-state index is -0.817. The van der Waals surface area contributed by atoms with Gasteiger partial charge in [-0.3, -0.25) is 19.7 Å². The lowest BCUT2D eigenvalue weighted by atomic mass is 10.0. The molecular weight excluding hydrogens is 458 g/mol. The first-order valence-corrected chi connectivity index (χ1v) is 12.1. The molecule has 2 aliphatic rings. The second-order valence-corrected chi connectivity index (χ2v) is 9.64. The number of rotatable bonds is 8. The summed E-state index contributed by atoms with van der Waals surface area (Å²) in [5.74, 6) is 0.0181. The Bertz CT molecular complexity index is 1370. The molecule has 3 aromatic rings. The molecule has 1 heterocycles. The number of hydrogen-bond acceptors (Lipinski definition) is 6. The van der Waals surface area contributed by atoms with Crippen LogP contribution in [-0.2, 0) is 9.59 Å². The van der Waals surface area contributed by atoms with Gasteiger partial charge < -0.3 is 10.1 Å². The van der Waals surface area contributed by atoms with Crippen LogP contribution in [0.1, 0.15) is 32.6 Å². The molecule has 0 spiro atoms. The van der Waals surface area contributed by atoms with E-state index in [1.54, 1.807) is 18.2 Å². The van der Waals surface area contributed by atoms with Crippen LogP contribution in [0.4, 0.5) is 5.69 Å².